The Labute approximate surface area is 150 Å². The van der Waals surface area contributed by atoms with Crippen molar-refractivity contribution in [3.05, 3.63) is 29.8 Å². The molecule has 1 aromatic rings. The smallest absolute Gasteiger partial charge is 0.223 e. The highest BCUT2D eigenvalue weighted by atomic mass is 16.5. The first-order valence-electron chi connectivity index (χ1n) is 9.51. The molecule has 1 N–H and O–H groups in total. The van der Waals surface area contributed by atoms with Crippen LogP contribution in [-0.2, 0) is 9.53 Å². The predicted molar refractivity (Wildman–Crippen MR) is 97.7 cm³/mol. The monoisotopic (exact) mass is 346 g/mol. The average molecular weight is 346 g/mol. The molecular formula is C20H30N2O3. The molecular weight excluding hydrogens is 316 g/mol. The molecule has 0 unspecified atom stereocenters. The Bertz CT molecular complexity index is 534. The van der Waals surface area contributed by atoms with Crippen molar-refractivity contribution in [2.24, 2.45) is 5.92 Å². The standard InChI is InChI=1S/C20H30N2O3/c1-24-18-9-7-16(8-10-18)19(22-11-13-25-14-12-22)15-21-20(23)17-5-3-2-4-6-17/h7-10,17,19H,2-6,11-15H2,1H3,(H,21,23)/t19-/m1/s1. The van der Waals surface area contributed by atoms with Crippen molar-refractivity contribution in [2.75, 3.05) is 40.0 Å². The van der Waals surface area contributed by atoms with Crippen LogP contribution in [0.25, 0.3) is 0 Å². The number of carbonyl (C=O) groups excluding carboxylic acids is 1. The molecule has 1 heterocycles. The molecule has 0 spiro atoms. The minimum Gasteiger partial charge on any atom is -0.497 e. The number of ether oxygens (including phenoxy) is 2. The average Bonchev–Trinajstić information content (AvgIpc) is 2.70. The summed E-state index contributed by atoms with van der Waals surface area (Å²) in [5.41, 5.74) is 1.21. The van der Waals surface area contributed by atoms with Crippen LogP contribution in [0.4, 0.5) is 0 Å². The van der Waals surface area contributed by atoms with Gasteiger partial charge in [-0.3, -0.25) is 9.69 Å². The molecule has 2 fully saturated rings. The molecule has 25 heavy (non-hydrogen) atoms. The van der Waals surface area contributed by atoms with Crippen LogP contribution >= 0.6 is 0 Å². The highest BCUT2D eigenvalue weighted by Crippen LogP contribution is 2.26. The summed E-state index contributed by atoms with van der Waals surface area (Å²) >= 11 is 0. The zero-order valence-corrected chi connectivity index (χ0v) is 15.2. The van der Waals surface area contributed by atoms with Gasteiger partial charge in [0.2, 0.25) is 5.91 Å². The molecule has 0 bridgehead atoms. The van der Waals surface area contributed by atoms with Gasteiger partial charge >= 0.3 is 0 Å². The Balaban J connectivity index is 1.65. The van der Waals surface area contributed by atoms with Crippen molar-refractivity contribution in [1.29, 1.82) is 0 Å². The Morgan fingerprint density at radius 3 is 2.52 bits per heavy atom. The first-order valence-corrected chi connectivity index (χ1v) is 9.51. The first kappa shape index (κ1) is 18.2. The highest BCUT2D eigenvalue weighted by Gasteiger charge is 2.26. The van der Waals surface area contributed by atoms with E-state index in [0.29, 0.717) is 6.54 Å². The minimum absolute atomic E-state index is 0.183. The third kappa shape index (κ3) is 4.95. The van der Waals surface area contributed by atoms with Crippen LogP contribution in [0.2, 0.25) is 0 Å². The first-order chi connectivity index (χ1) is 12.3. The molecule has 1 aliphatic heterocycles. The van der Waals surface area contributed by atoms with E-state index in [1.165, 1.54) is 24.8 Å². The van der Waals surface area contributed by atoms with Gasteiger partial charge in [-0.15, -0.1) is 0 Å². The minimum atomic E-state index is 0.183. The molecule has 1 saturated carbocycles. The summed E-state index contributed by atoms with van der Waals surface area (Å²) in [7, 11) is 1.68. The third-order valence-corrected chi connectivity index (χ3v) is 5.43. The topological polar surface area (TPSA) is 50.8 Å². The molecule has 5 nitrogen and oxygen atoms in total. The number of methoxy groups -OCH3 is 1. The van der Waals surface area contributed by atoms with E-state index < -0.39 is 0 Å². The van der Waals surface area contributed by atoms with Gasteiger partial charge < -0.3 is 14.8 Å². The maximum absolute atomic E-state index is 12.5. The summed E-state index contributed by atoms with van der Waals surface area (Å²) in [6.07, 6.45) is 5.71. The van der Waals surface area contributed by atoms with Crippen molar-refractivity contribution in [2.45, 2.75) is 38.1 Å². The molecule has 2 aliphatic rings. The van der Waals surface area contributed by atoms with Gasteiger partial charge in [-0.2, -0.15) is 0 Å². The fourth-order valence-electron chi connectivity index (χ4n) is 3.88. The summed E-state index contributed by atoms with van der Waals surface area (Å²) in [5, 5.41) is 3.22. The van der Waals surface area contributed by atoms with E-state index in [2.05, 4.69) is 22.3 Å². The second-order valence-electron chi connectivity index (χ2n) is 7.02. The molecule has 0 aromatic heterocycles. The molecule has 5 heteroatoms. The maximum atomic E-state index is 12.5. The van der Waals surface area contributed by atoms with Gasteiger partial charge in [0, 0.05) is 25.6 Å². The number of hydrogen-bond donors (Lipinski definition) is 1. The Morgan fingerprint density at radius 2 is 1.88 bits per heavy atom. The number of hydrogen-bond acceptors (Lipinski definition) is 4. The molecule has 1 saturated heterocycles. The van der Waals surface area contributed by atoms with Gasteiger partial charge in [0.25, 0.3) is 0 Å². The second-order valence-corrected chi connectivity index (χ2v) is 7.02. The van der Waals surface area contributed by atoms with E-state index >= 15 is 0 Å². The quantitative estimate of drug-likeness (QED) is 0.860. The van der Waals surface area contributed by atoms with E-state index in [9.17, 15) is 4.79 Å². The number of benzene rings is 1. The van der Waals surface area contributed by atoms with Crippen molar-refractivity contribution in [3.63, 3.8) is 0 Å². The zero-order chi connectivity index (χ0) is 17.5. The summed E-state index contributed by atoms with van der Waals surface area (Å²) < 4.78 is 10.8. The Hall–Kier alpha value is -1.59. The van der Waals surface area contributed by atoms with Crippen LogP contribution in [0.15, 0.2) is 24.3 Å². The van der Waals surface area contributed by atoms with Gasteiger partial charge in [-0.05, 0) is 30.5 Å². The molecule has 1 aliphatic carbocycles. The van der Waals surface area contributed by atoms with Crippen molar-refractivity contribution in [3.8, 4) is 5.75 Å². The van der Waals surface area contributed by atoms with Crippen LogP contribution in [0.1, 0.15) is 43.7 Å². The van der Waals surface area contributed by atoms with E-state index in [1.807, 2.05) is 12.1 Å². The summed E-state index contributed by atoms with van der Waals surface area (Å²) in [6, 6.07) is 8.37. The van der Waals surface area contributed by atoms with Gasteiger partial charge in [0.15, 0.2) is 0 Å². The van der Waals surface area contributed by atoms with Crippen LogP contribution in [0.3, 0.4) is 0 Å². The molecule has 1 atom stereocenters. The fraction of sp³-hybridized carbons (Fsp3) is 0.650. The van der Waals surface area contributed by atoms with Crippen molar-refractivity contribution >= 4 is 5.91 Å². The van der Waals surface area contributed by atoms with E-state index in [1.54, 1.807) is 7.11 Å². The fourth-order valence-corrected chi connectivity index (χ4v) is 3.88. The molecule has 3 rings (SSSR count). The number of nitrogens with one attached hydrogen (secondary N) is 1. The largest absolute Gasteiger partial charge is 0.497 e. The van der Waals surface area contributed by atoms with E-state index in [4.69, 9.17) is 9.47 Å². The second kappa shape index (κ2) is 9.20. The molecule has 138 valence electrons. The third-order valence-electron chi connectivity index (χ3n) is 5.43. The summed E-state index contributed by atoms with van der Waals surface area (Å²) in [4.78, 5) is 15.0. The number of carbonyl (C=O) groups is 1. The lowest BCUT2D eigenvalue weighted by Crippen LogP contribution is -2.44. The lowest BCUT2D eigenvalue weighted by molar-refractivity contribution is -0.126. The van der Waals surface area contributed by atoms with Crippen molar-refractivity contribution < 1.29 is 14.3 Å². The van der Waals surface area contributed by atoms with Crippen LogP contribution in [0, 0.1) is 5.92 Å². The van der Waals surface area contributed by atoms with Gasteiger partial charge in [-0.25, -0.2) is 0 Å². The number of rotatable bonds is 6. The number of amides is 1. The molecule has 1 aromatic carbocycles. The van der Waals surface area contributed by atoms with E-state index in [-0.39, 0.29) is 17.9 Å². The summed E-state index contributed by atoms with van der Waals surface area (Å²) in [6.45, 7) is 3.96. The molecule has 1 amide bonds. The molecule has 0 radical (unpaired) electrons. The SMILES string of the molecule is COc1ccc([C@@H](CNC(=O)C2CCCCC2)N2CCOCC2)cc1. The summed E-state index contributed by atoms with van der Waals surface area (Å²) in [5.74, 6) is 1.29. The normalized spacial score (nSPS) is 20.8. The highest BCUT2D eigenvalue weighted by molar-refractivity contribution is 5.78. The van der Waals surface area contributed by atoms with Gasteiger partial charge in [0.05, 0.1) is 26.4 Å². The van der Waals surface area contributed by atoms with Crippen LogP contribution in [-0.4, -0.2) is 50.8 Å². The number of nitrogens with zero attached hydrogens (tertiary/aromatic N) is 1. The lowest BCUT2D eigenvalue weighted by atomic mass is 9.88. The predicted octanol–water partition coefficient (Wildman–Crippen LogP) is 2.77. The lowest BCUT2D eigenvalue weighted by Gasteiger charge is -2.35. The van der Waals surface area contributed by atoms with Crippen molar-refractivity contribution in [1.82, 2.24) is 10.2 Å². The van der Waals surface area contributed by atoms with Crippen LogP contribution < -0.4 is 10.1 Å². The van der Waals surface area contributed by atoms with Crippen LogP contribution in [0.5, 0.6) is 5.75 Å². The van der Waals surface area contributed by atoms with Gasteiger partial charge in [0.1, 0.15) is 5.75 Å². The maximum Gasteiger partial charge on any atom is 0.223 e. The Morgan fingerprint density at radius 1 is 1.20 bits per heavy atom. The zero-order valence-electron chi connectivity index (χ0n) is 15.2. The Kier molecular flexibility index (Phi) is 6.70. The van der Waals surface area contributed by atoms with Gasteiger partial charge in [-0.1, -0.05) is 31.4 Å². The number of morpholine rings is 1. The van der Waals surface area contributed by atoms with E-state index in [0.717, 1.165) is 44.9 Å².